The lowest BCUT2D eigenvalue weighted by Crippen LogP contribution is -2.42. The lowest BCUT2D eigenvalue weighted by Gasteiger charge is -2.27. The first-order chi connectivity index (χ1) is 11.5. The van der Waals surface area contributed by atoms with Crippen LogP contribution in [0, 0.1) is 5.41 Å². The van der Waals surface area contributed by atoms with Crippen LogP contribution in [0.15, 0.2) is 30.3 Å². The Bertz CT molecular complexity index is 496. The van der Waals surface area contributed by atoms with Gasteiger partial charge in [-0.1, -0.05) is 57.0 Å². The molecule has 1 unspecified atom stereocenters. The van der Waals surface area contributed by atoms with E-state index in [-0.39, 0.29) is 17.4 Å². The first-order valence-electron chi connectivity index (χ1n) is 9.13. The Morgan fingerprint density at radius 3 is 2.58 bits per heavy atom. The van der Waals surface area contributed by atoms with Crippen LogP contribution >= 0.6 is 0 Å². The third kappa shape index (κ3) is 6.62. The van der Waals surface area contributed by atoms with Gasteiger partial charge >= 0.3 is 0 Å². The predicted molar refractivity (Wildman–Crippen MR) is 97.7 cm³/mol. The number of carbonyl (C=O) groups excluding carboxylic acids is 1. The van der Waals surface area contributed by atoms with Crippen molar-refractivity contribution in [1.29, 1.82) is 0 Å². The maximum atomic E-state index is 12.2. The highest BCUT2D eigenvalue weighted by Gasteiger charge is 2.24. The van der Waals surface area contributed by atoms with Gasteiger partial charge in [0.05, 0.1) is 6.61 Å². The molecule has 4 nitrogen and oxygen atoms in total. The Hall–Kier alpha value is -1.39. The van der Waals surface area contributed by atoms with Crippen molar-refractivity contribution < 1.29 is 9.53 Å². The third-order valence-corrected chi connectivity index (χ3v) is 4.57. The second kappa shape index (κ2) is 9.19. The largest absolute Gasteiger partial charge is 0.368 e. The van der Waals surface area contributed by atoms with Crippen molar-refractivity contribution in [2.75, 3.05) is 13.2 Å². The summed E-state index contributed by atoms with van der Waals surface area (Å²) >= 11 is 0. The number of nitrogens with one attached hydrogen (secondary N) is 2. The molecule has 1 aromatic rings. The zero-order valence-corrected chi connectivity index (χ0v) is 15.3. The summed E-state index contributed by atoms with van der Waals surface area (Å²) in [6.45, 7) is 8.42. The summed E-state index contributed by atoms with van der Waals surface area (Å²) in [5.74, 6) is 0.0231. The summed E-state index contributed by atoms with van der Waals surface area (Å²) in [6.07, 6.45) is 4.26. The molecule has 0 heterocycles. The Balaban J connectivity index is 1.65. The van der Waals surface area contributed by atoms with Gasteiger partial charge < -0.3 is 15.4 Å². The summed E-state index contributed by atoms with van der Waals surface area (Å²) in [5.41, 5.74) is 1.26. The SMILES string of the molecule is CC(OCC(C)(C)CNCc1ccccc1)C(=O)NC1CCCC1. The molecular weight excluding hydrogens is 300 g/mol. The maximum absolute atomic E-state index is 12.2. The van der Waals surface area contributed by atoms with E-state index in [4.69, 9.17) is 4.74 Å². The van der Waals surface area contributed by atoms with Crippen LogP contribution < -0.4 is 10.6 Å². The predicted octanol–water partition coefficient (Wildman–Crippen LogP) is 3.27. The van der Waals surface area contributed by atoms with Crippen molar-refractivity contribution in [3.05, 3.63) is 35.9 Å². The first kappa shape index (κ1) is 18.9. The van der Waals surface area contributed by atoms with Gasteiger partial charge in [0.2, 0.25) is 5.91 Å². The van der Waals surface area contributed by atoms with Crippen LogP contribution in [0.2, 0.25) is 0 Å². The summed E-state index contributed by atoms with van der Waals surface area (Å²) < 4.78 is 5.83. The van der Waals surface area contributed by atoms with Gasteiger partial charge in [0, 0.05) is 24.5 Å². The number of hydrogen-bond acceptors (Lipinski definition) is 3. The van der Waals surface area contributed by atoms with Gasteiger partial charge in [-0.25, -0.2) is 0 Å². The van der Waals surface area contributed by atoms with Crippen molar-refractivity contribution in [1.82, 2.24) is 10.6 Å². The van der Waals surface area contributed by atoms with E-state index < -0.39 is 0 Å². The van der Waals surface area contributed by atoms with Crippen molar-refractivity contribution in [2.45, 2.75) is 65.1 Å². The minimum Gasteiger partial charge on any atom is -0.368 e. The summed E-state index contributed by atoms with van der Waals surface area (Å²) in [5, 5.41) is 6.57. The standard InChI is InChI=1S/C20H32N2O2/c1-16(19(23)22-18-11-7-8-12-18)24-15-20(2,3)14-21-13-17-9-5-4-6-10-17/h4-6,9-10,16,18,21H,7-8,11-15H2,1-3H3,(H,22,23). The second-order valence-electron chi connectivity index (χ2n) is 7.70. The summed E-state index contributed by atoms with van der Waals surface area (Å²) in [7, 11) is 0. The van der Waals surface area contributed by atoms with E-state index in [0.29, 0.717) is 12.6 Å². The minimum absolute atomic E-state index is 0.0172. The van der Waals surface area contributed by atoms with Crippen LogP contribution in [0.25, 0.3) is 0 Å². The van der Waals surface area contributed by atoms with Crippen LogP contribution in [0.1, 0.15) is 52.0 Å². The van der Waals surface area contributed by atoms with E-state index in [1.165, 1.54) is 18.4 Å². The van der Waals surface area contributed by atoms with Crippen molar-refractivity contribution in [3.8, 4) is 0 Å². The average Bonchev–Trinajstić information content (AvgIpc) is 3.06. The molecule has 2 N–H and O–H groups in total. The van der Waals surface area contributed by atoms with E-state index in [1.54, 1.807) is 0 Å². The zero-order valence-electron chi connectivity index (χ0n) is 15.3. The van der Waals surface area contributed by atoms with Gasteiger partial charge in [-0.15, -0.1) is 0 Å². The Labute approximate surface area is 146 Å². The topological polar surface area (TPSA) is 50.4 Å². The molecule has 1 atom stereocenters. The summed E-state index contributed by atoms with van der Waals surface area (Å²) in [4.78, 5) is 12.2. The van der Waals surface area contributed by atoms with Gasteiger partial charge in [0.1, 0.15) is 6.10 Å². The van der Waals surface area contributed by atoms with Gasteiger partial charge in [-0.2, -0.15) is 0 Å². The van der Waals surface area contributed by atoms with Crippen LogP contribution in [0.4, 0.5) is 0 Å². The zero-order chi connectivity index (χ0) is 17.4. The van der Waals surface area contributed by atoms with E-state index in [1.807, 2.05) is 13.0 Å². The molecule has 0 radical (unpaired) electrons. The molecule has 0 saturated heterocycles. The number of rotatable bonds is 9. The van der Waals surface area contributed by atoms with Gasteiger partial charge in [-0.3, -0.25) is 4.79 Å². The molecule has 0 spiro atoms. The first-order valence-corrected chi connectivity index (χ1v) is 9.13. The van der Waals surface area contributed by atoms with Crippen molar-refractivity contribution in [3.63, 3.8) is 0 Å². The average molecular weight is 332 g/mol. The molecule has 1 saturated carbocycles. The van der Waals surface area contributed by atoms with E-state index in [0.717, 1.165) is 25.9 Å². The Morgan fingerprint density at radius 2 is 1.92 bits per heavy atom. The van der Waals surface area contributed by atoms with Gasteiger partial charge in [0.15, 0.2) is 0 Å². The van der Waals surface area contributed by atoms with Crippen molar-refractivity contribution in [2.24, 2.45) is 5.41 Å². The number of benzene rings is 1. The van der Waals surface area contributed by atoms with Crippen LogP contribution in [0.5, 0.6) is 0 Å². The third-order valence-electron chi connectivity index (χ3n) is 4.57. The molecular formula is C20H32N2O2. The lowest BCUT2D eigenvalue weighted by atomic mass is 9.94. The van der Waals surface area contributed by atoms with E-state index in [9.17, 15) is 4.79 Å². The Kier molecular flexibility index (Phi) is 7.25. The molecule has 134 valence electrons. The molecule has 0 aliphatic heterocycles. The highest BCUT2D eigenvalue weighted by molar-refractivity contribution is 5.80. The number of carbonyl (C=O) groups is 1. The number of amides is 1. The van der Waals surface area contributed by atoms with Gasteiger partial charge in [-0.05, 0) is 25.3 Å². The van der Waals surface area contributed by atoms with Crippen LogP contribution in [-0.2, 0) is 16.1 Å². The van der Waals surface area contributed by atoms with Crippen molar-refractivity contribution >= 4 is 5.91 Å². The minimum atomic E-state index is -0.390. The van der Waals surface area contributed by atoms with E-state index >= 15 is 0 Å². The fraction of sp³-hybridized carbons (Fsp3) is 0.650. The molecule has 1 aliphatic rings. The molecule has 1 aromatic carbocycles. The second-order valence-corrected chi connectivity index (χ2v) is 7.70. The molecule has 1 aliphatic carbocycles. The fourth-order valence-corrected chi connectivity index (χ4v) is 3.01. The summed E-state index contributed by atoms with van der Waals surface area (Å²) in [6, 6.07) is 10.7. The molecule has 0 bridgehead atoms. The number of ether oxygens (including phenoxy) is 1. The monoisotopic (exact) mass is 332 g/mol. The molecule has 24 heavy (non-hydrogen) atoms. The quantitative estimate of drug-likeness (QED) is 0.730. The fourth-order valence-electron chi connectivity index (χ4n) is 3.01. The van der Waals surface area contributed by atoms with Crippen LogP contribution in [-0.4, -0.2) is 31.2 Å². The number of hydrogen-bond donors (Lipinski definition) is 2. The molecule has 1 fully saturated rings. The highest BCUT2D eigenvalue weighted by atomic mass is 16.5. The molecule has 4 heteroatoms. The smallest absolute Gasteiger partial charge is 0.249 e. The highest BCUT2D eigenvalue weighted by Crippen LogP contribution is 2.19. The van der Waals surface area contributed by atoms with Gasteiger partial charge in [0.25, 0.3) is 0 Å². The lowest BCUT2D eigenvalue weighted by molar-refractivity contribution is -0.134. The normalized spacial score (nSPS) is 17.0. The maximum Gasteiger partial charge on any atom is 0.249 e. The molecule has 1 amide bonds. The molecule has 2 rings (SSSR count). The van der Waals surface area contributed by atoms with E-state index in [2.05, 4.69) is 48.7 Å². The Morgan fingerprint density at radius 1 is 1.25 bits per heavy atom. The molecule has 0 aromatic heterocycles. The van der Waals surface area contributed by atoms with Crippen LogP contribution in [0.3, 0.4) is 0 Å².